The van der Waals surface area contributed by atoms with E-state index >= 15 is 0 Å². The van der Waals surface area contributed by atoms with E-state index < -0.39 is 0 Å². The minimum Gasteiger partial charge on any atom is -0.00721 e. The Bertz CT molecular complexity index is 763. The van der Waals surface area contributed by atoms with Gasteiger partial charge in [-0.15, -0.1) is 0 Å². The zero-order valence-corrected chi connectivity index (χ0v) is 16.9. The molecule has 2 aromatic rings. The standard InChI is InChI=1S/C28H28/c1-2-16-19-5-3-17-15(1)18-4-6-20(16)24-10-8-22(18)26-12-14-28(24)27-13-11-25(26)21(17)7-9-23(19)27/h1-14H2/q+2. The van der Waals surface area contributed by atoms with Gasteiger partial charge in [-0.05, 0) is 12.8 Å². The van der Waals surface area contributed by atoms with Crippen LogP contribution in [0.1, 0.15) is 77.9 Å². The summed E-state index contributed by atoms with van der Waals surface area (Å²) in [7, 11) is 0. The number of fused-ring (bicyclic) bond motifs is 7. The minimum atomic E-state index is 1.33. The molecular weight excluding hydrogens is 336 g/mol. The van der Waals surface area contributed by atoms with Gasteiger partial charge in [0.2, 0.25) is 0 Å². The van der Waals surface area contributed by atoms with E-state index in [2.05, 4.69) is 0 Å². The third kappa shape index (κ3) is 1.63. The summed E-state index contributed by atoms with van der Waals surface area (Å²) < 4.78 is 0. The molecule has 0 radical (unpaired) electrons. The zero-order valence-electron chi connectivity index (χ0n) is 16.9. The van der Waals surface area contributed by atoms with Crippen LogP contribution in [0.2, 0.25) is 0 Å². The molecule has 0 unspecified atom stereocenters. The van der Waals surface area contributed by atoms with E-state index in [4.69, 9.17) is 0 Å². The van der Waals surface area contributed by atoms with Crippen molar-refractivity contribution < 1.29 is 0 Å². The van der Waals surface area contributed by atoms with Gasteiger partial charge in [-0.1, -0.05) is 0 Å². The van der Waals surface area contributed by atoms with Gasteiger partial charge in [0.05, 0.1) is 33.4 Å². The van der Waals surface area contributed by atoms with Crippen molar-refractivity contribution >= 4 is 0 Å². The van der Waals surface area contributed by atoms with Crippen LogP contribution >= 0.6 is 0 Å². The van der Waals surface area contributed by atoms with Crippen LogP contribution < -0.4 is 0 Å². The van der Waals surface area contributed by atoms with Gasteiger partial charge in [-0.25, -0.2) is 0 Å². The number of hydrogen-bond acceptors (Lipinski definition) is 0. The first-order chi connectivity index (χ1) is 13.9. The van der Waals surface area contributed by atoms with Crippen molar-refractivity contribution in [1.29, 1.82) is 0 Å². The molecule has 0 saturated carbocycles. The molecule has 0 heterocycles. The molecule has 0 N–H and O–H groups in total. The van der Waals surface area contributed by atoms with Crippen molar-refractivity contribution in [1.82, 2.24) is 0 Å². The Balaban J connectivity index is 1.75. The quantitative estimate of drug-likeness (QED) is 0.598. The van der Waals surface area contributed by atoms with E-state index in [1.54, 1.807) is 0 Å². The second-order valence-corrected chi connectivity index (χ2v) is 10.2. The molecule has 0 fully saturated rings. The van der Waals surface area contributed by atoms with E-state index in [0.29, 0.717) is 0 Å². The molecule has 138 valence electrons. The molecule has 0 heteroatoms. The summed E-state index contributed by atoms with van der Waals surface area (Å²) in [6, 6.07) is 0. The second kappa shape index (κ2) is 5.02. The molecule has 0 saturated heterocycles. The summed E-state index contributed by atoms with van der Waals surface area (Å²) in [4.78, 5) is 0. The maximum Gasteiger partial charge on any atom is 0.0680 e. The van der Waals surface area contributed by atoms with E-state index in [-0.39, 0.29) is 0 Å². The molecule has 0 aromatic heterocycles. The number of rotatable bonds is 0. The summed E-state index contributed by atoms with van der Waals surface area (Å²) in [6.45, 7) is 0. The van der Waals surface area contributed by atoms with Crippen molar-refractivity contribution in [3.05, 3.63) is 77.9 Å². The molecule has 7 aliphatic rings. The smallest absolute Gasteiger partial charge is 0.00721 e. The Kier molecular flexibility index (Phi) is 2.70. The maximum atomic E-state index is 1.84. The lowest BCUT2D eigenvalue weighted by molar-refractivity contribution is 0.727. The first-order valence-electron chi connectivity index (χ1n) is 11.9. The first kappa shape index (κ1) is 15.1. The molecule has 28 heavy (non-hydrogen) atoms. The fourth-order valence-corrected chi connectivity index (χ4v) is 8.52. The van der Waals surface area contributed by atoms with Gasteiger partial charge in [0, 0.05) is 122 Å². The van der Waals surface area contributed by atoms with Gasteiger partial charge in [0.15, 0.2) is 0 Å². The molecule has 0 amide bonds. The highest BCUT2D eigenvalue weighted by Crippen LogP contribution is 2.46. The highest BCUT2D eigenvalue weighted by Gasteiger charge is 2.43. The van der Waals surface area contributed by atoms with Crippen LogP contribution in [-0.2, 0) is 89.9 Å². The third-order valence-electron chi connectivity index (χ3n) is 9.47. The molecule has 0 spiro atoms. The van der Waals surface area contributed by atoms with Crippen molar-refractivity contribution in [2.45, 2.75) is 89.9 Å². The Hall–Kier alpha value is -1.82. The van der Waals surface area contributed by atoms with Crippen LogP contribution in [0.5, 0.6) is 0 Å². The van der Waals surface area contributed by atoms with E-state index in [1.807, 2.05) is 77.9 Å². The van der Waals surface area contributed by atoms with Crippen LogP contribution in [0.4, 0.5) is 0 Å². The summed E-state index contributed by atoms with van der Waals surface area (Å²) in [5, 5.41) is 0. The van der Waals surface area contributed by atoms with Gasteiger partial charge in [-0.2, -0.15) is 0 Å². The van der Waals surface area contributed by atoms with Crippen molar-refractivity contribution in [2.75, 3.05) is 0 Å². The topological polar surface area (TPSA) is 0 Å². The predicted octanol–water partition coefficient (Wildman–Crippen LogP) is 4.63. The Morgan fingerprint density at radius 1 is 0.286 bits per heavy atom. The Morgan fingerprint density at radius 2 is 0.571 bits per heavy atom. The molecular formula is C28H28+2. The largest absolute Gasteiger partial charge is 0.0680 e. The fourth-order valence-electron chi connectivity index (χ4n) is 8.52. The Morgan fingerprint density at radius 3 is 0.964 bits per heavy atom. The third-order valence-corrected chi connectivity index (χ3v) is 9.47. The van der Waals surface area contributed by atoms with Gasteiger partial charge < -0.3 is 0 Å². The van der Waals surface area contributed by atoms with Crippen LogP contribution in [0.15, 0.2) is 0 Å². The molecule has 7 aliphatic carbocycles. The lowest BCUT2D eigenvalue weighted by Gasteiger charge is -2.23. The van der Waals surface area contributed by atoms with Gasteiger partial charge in [-0.3, -0.25) is 0 Å². The van der Waals surface area contributed by atoms with E-state index in [0.717, 1.165) is 0 Å². The lowest BCUT2D eigenvalue weighted by Crippen LogP contribution is -2.20. The average Bonchev–Trinajstić information content (AvgIpc) is 2.73. The molecule has 2 aromatic carbocycles. The summed E-state index contributed by atoms with van der Waals surface area (Å²) in [5.41, 5.74) is 25.8. The molecule has 0 aliphatic heterocycles. The molecule has 0 atom stereocenters. The summed E-state index contributed by atoms with van der Waals surface area (Å²) in [5.74, 6) is 0. The van der Waals surface area contributed by atoms with Crippen LogP contribution in [0, 0.1) is 0 Å². The molecule has 14 bridgehead atoms. The highest BCUT2D eigenvalue weighted by molar-refractivity contribution is 5.63. The van der Waals surface area contributed by atoms with Gasteiger partial charge >= 0.3 is 0 Å². The molecule has 9 rings (SSSR count). The highest BCUT2D eigenvalue weighted by atomic mass is 14.4. The maximum absolute atomic E-state index is 1.84. The van der Waals surface area contributed by atoms with Crippen LogP contribution in [0.25, 0.3) is 0 Å². The van der Waals surface area contributed by atoms with Gasteiger partial charge in [0.1, 0.15) is 0 Å². The van der Waals surface area contributed by atoms with Crippen LogP contribution in [0.3, 0.4) is 0 Å². The molecule has 0 nitrogen and oxygen atoms in total. The summed E-state index contributed by atoms with van der Waals surface area (Å²) >= 11 is 0. The summed E-state index contributed by atoms with van der Waals surface area (Å²) in [6.07, 6.45) is 18.6. The second-order valence-electron chi connectivity index (χ2n) is 10.2. The SMILES string of the molecule is C1Cc2c3c4c5c6c7[c+]2CCc2c1c(c([c+](c(c2CC7)CC6)CC5)CC4)CC3. The Labute approximate surface area is 168 Å². The normalized spacial score (nSPS) is 21.0. The van der Waals surface area contributed by atoms with Gasteiger partial charge in [0.25, 0.3) is 0 Å². The lowest BCUT2D eigenvalue weighted by atomic mass is 9.75. The predicted molar refractivity (Wildman–Crippen MR) is 114 cm³/mol. The fraction of sp³-hybridized carbons (Fsp3) is 0.500. The zero-order chi connectivity index (χ0) is 18.0. The first-order valence-corrected chi connectivity index (χ1v) is 11.9. The van der Waals surface area contributed by atoms with Crippen LogP contribution in [-0.4, -0.2) is 0 Å². The number of hydrogen-bond donors (Lipinski definition) is 0. The monoisotopic (exact) mass is 364 g/mol. The van der Waals surface area contributed by atoms with Crippen molar-refractivity contribution in [2.24, 2.45) is 0 Å². The van der Waals surface area contributed by atoms with Crippen molar-refractivity contribution in [3.8, 4) is 0 Å². The minimum absolute atomic E-state index is 1.33. The van der Waals surface area contributed by atoms with E-state index in [9.17, 15) is 0 Å². The van der Waals surface area contributed by atoms with E-state index in [1.165, 1.54) is 89.9 Å². The average molecular weight is 365 g/mol. The van der Waals surface area contributed by atoms with Crippen molar-refractivity contribution in [3.63, 3.8) is 0 Å².